The van der Waals surface area contributed by atoms with Gasteiger partial charge in [-0.2, -0.15) is 0 Å². The molecule has 11 nitrogen and oxygen atoms in total. The van der Waals surface area contributed by atoms with Gasteiger partial charge < -0.3 is 24.1 Å². The highest BCUT2D eigenvalue weighted by Gasteiger charge is 2.16. The Hall–Kier alpha value is -4.28. The first-order valence-corrected chi connectivity index (χ1v) is 10.8. The van der Waals surface area contributed by atoms with Crippen LogP contribution in [0.2, 0.25) is 0 Å². The molecule has 0 bridgehead atoms. The Morgan fingerprint density at radius 3 is 2.29 bits per heavy atom. The fraction of sp³-hybridized carbons (Fsp3) is 0.333. The van der Waals surface area contributed by atoms with E-state index >= 15 is 0 Å². The average Bonchev–Trinajstić information content (AvgIpc) is 3.18. The van der Waals surface area contributed by atoms with Gasteiger partial charge in [0, 0.05) is 34.6 Å². The average molecular weight is 484 g/mol. The second kappa shape index (κ2) is 10.8. The molecule has 1 amide bonds. The molecular formula is C24H29N5O6. The van der Waals surface area contributed by atoms with Gasteiger partial charge >= 0.3 is 5.69 Å². The number of hydrogen-bond donors (Lipinski definition) is 1. The van der Waals surface area contributed by atoms with Gasteiger partial charge in [-0.15, -0.1) is 0 Å². The molecule has 186 valence electrons. The molecule has 1 N–H and O–H groups in total. The molecule has 0 saturated carbocycles. The molecule has 0 aliphatic rings. The van der Waals surface area contributed by atoms with Crippen LogP contribution in [0.3, 0.4) is 0 Å². The van der Waals surface area contributed by atoms with Crippen molar-refractivity contribution in [2.45, 2.75) is 13.3 Å². The summed E-state index contributed by atoms with van der Waals surface area (Å²) in [5, 5.41) is 2.70. The summed E-state index contributed by atoms with van der Waals surface area (Å²) in [7, 11) is 7.78. The minimum absolute atomic E-state index is 0.0866. The van der Waals surface area contributed by atoms with Crippen molar-refractivity contribution in [2.75, 3.05) is 20.8 Å². The predicted octanol–water partition coefficient (Wildman–Crippen LogP) is 1.58. The van der Waals surface area contributed by atoms with E-state index in [0.29, 0.717) is 47.2 Å². The normalized spacial score (nSPS) is 11.5. The van der Waals surface area contributed by atoms with Crippen LogP contribution in [0.5, 0.6) is 17.2 Å². The molecule has 3 rings (SSSR count). The molecule has 0 atom stereocenters. The number of aryl methyl sites for hydroxylation is 2. The second-order valence-corrected chi connectivity index (χ2v) is 7.76. The molecule has 0 spiro atoms. The number of ether oxygens (including phenoxy) is 3. The number of nitrogens with zero attached hydrogens (tertiary/aromatic N) is 4. The summed E-state index contributed by atoms with van der Waals surface area (Å²) in [4.78, 5) is 40.2. The lowest BCUT2D eigenvalue weighted by Gasteiger charge is -2.13. The van der Waals surface area contributed by atoms with Crippen LogP contribution in [0.25, 0.3) is 23.3 Å². The molecule has 2 aromatic heterocycles. The van der Waals surface area contributed by atoms with Crippen LogP contribution in [-0.2, 0) is 25.9 Å². The van der Waals surface area contributed by atoms with Crippen molar-refractivity contribution < 1.29 is 19.0 Å². The van der Waals surface area contributed by atoms with Crippen molar-refractivity contribution in [3.63, 3.8) is 0 Å². The Balaban J connectivity index is 1.90. The van der Waals surface area contributed by atoms with Gasteiger partial charge in [-0.3, -0.25) is 18.7 Å². The topological polar surface area (TPSA) is 119 Å². The first-order valence-electron chi connectivity index (χ1n) is 10.8. The van der Waals surface area contributed by atoms with Crippen LogP contribution >= 0.6 is 0 Å². The largest absolute Gasteiger partial charge is 0.493 e. The summed E-state index contributed by atoms with van der Waals surface area (Å²) in [5.41, 5.74) is 0.538. The molecule has 2 heterocycles. The molecule has 0 saturated heterocycles. The molecule has 0 fully saturated rings. The van der Waals surface area contributed by atoms with E-state index in [1.165, 1.54) is 39.0 Å². The minimum Gasteiger partial charge on any atom is -0.493 e. The number of hydrogen-bond acceptors (Lipinski definition) is 7. The maximum atomic E-state index is 12.6. The summed E-state index contributed by atoms with van der Waals surface area (Å²) in [6.45, 7) is 1.97. The summed E-state index contributed by atoms with van der Waals surface area (Å²) >= 11 is 0. The van der Waals surface area contributed by atoms with Gasteiger partial charge in [0.2, 0.25) is 11.7 Å². The van der Waals surface area contributed by atoms with Gasteiger partial charge in [0.1, 0.15) is 5.82 Å². The summed E-state index contributed by atoms with van der Waals surface area (Å²) < 4.78 is 20.7. The Morgan fingerprint density at radius 2 is 1.69 bits per heavy atom. The number of carbonyl (C=O) groups excluding carboxylic acids is 1. The first kappa shape index (κ1) is 25.3. The number of nitrogens with one attached hydrogen (secondary N) is 1. The number of rotatable bonds is 9. The Labute approximate surface area is 201 Å². The van der Waals surface area contributed by atoms with E-state index < -0.39 is 11.2 Å². The molecule has 3 aromatic rings. The highest BCUT2D eigenvalue weighted by molar-refractivity contribution is 5.77. The van der Waals surface area contributed by atoms with E-state index in [2.05, 4.69) is 10.3 Å². The van der Waals surface area contributed by atoms with E-state index in [1.807, 2.05) is 0 Å². The number of methoxy groups -OCH3 is 2. The summed E-state index contributed by atoms with van der Waals surface area (Å²) in [6.07, 6.45) is 7.44. The van der Waals surface area contributed by atoms with Crippen LogP contribution in [0.15, 0.2) is 34.1 Å². The van der Waals surface area contributed by atoms with Crippen molar-refractivity contribution in [1.82, 2.24) is 24.0 Å². The summed E-state index contributed by atoms with van der Waals surface area (Å²) in [5.74, 6) is 1.73. The fourth-order valence-electron chi connectivity index (χ4n) is 3.48. The molecule has 11 heteroatoms. The van der Waals surface area contributed by atoms with E-state index in [0.717, 1.165) is 10.1 Å². The standard InChI is InChI=1S/C24H29N5O6/c1-15(30)25-11-7-8-12-35-21-17(33-5)13-16(14-18(21)34-6)9-10-19-26-22-20(27(19)2)23(31)29(4)24(32)28(22)3/h8-10,12-14H,7,11H2,1-6H3,(H,25,30)/b10-9+,12-8+. The van der Waals surface area contributed by atoms with E-state index in [4.69, 9.17) is 14.2 Å². The lowest BCUT2D eigenvalue weighted by Crippen LogP contribution is -2.37. The van der Waals surface area contributed by atoms with Crippen molar-refractivity contribution in [2.24, 2.45) is 21.1 Å². The van der Waals surface area contributed by atoms with E-state index in [9.17, 15) is 14.4 Å². The first-order chi connectivity index (χ1) is 16.7. The third kappa shape index (κ3) is 5.29. The summed E-state index contributed by atoms with van der Waals surface area (Å²) in [6, 6.07) is 3.55. The van der Waals surface area contributed by atoms with Gasteiger partial charge in [-0.25, -0.2) is 9.78 Å². The number of fused-ring (bicyclic) bond motifs is 1. The third-order valence-corrected chi connectivity index (χ3v) is 5.38. The van der Waals surface area contributed by atoms with Crippen LogP contribution in [-0.4, -0.2) is 45.4 Å². The zero-order valence-electron chi connectivity index (χ0n) is 20.6. The molecular weight excluding hydrogens is 454 g/mol. The number of imidazole rings is 1. The van der Waals surface area contributed by atoms with Crippen molar-refractivity contribution >= 4 is 29.2 Å². The van der Waals surface area contributed by atoms with Crippen LogP contribution in [0, 0.1) is 0 Å². The number of amides is 1. The maximum absolute atomic E-state index is 12.6. The zero-order chi connectivity index (χ0) is 25.7. The molecule has 0 aliphatic heterocycles. The molecule has 0 aliphatic carbocycles. The van der Waals surface area contributed by atoms with Gasteiger partial charge in [-0.05, 0) is 36.3 Å². The molecule has 1 aromatic carbocycles. The van der Waals surface area contributed by atoms with Crippen LogP contribution < -0.4 is 30.8 Å². The number of benzene rings is 1. The third-order valence-electron chi connectivity index (χ3n) is 5.38. The van der Waals surface area contributed by atoms with E-state index in [-0.39, 0.29) is 5.91 Å². The monoisotopic (exact) mass is 483 g/mol. The van der Waals surface area contributed by atoms with E-state index in [1.54, 1.807) is 49.0 Å². The second-order valence-electron chi connectivity index (χ2n) is 7.76. The lowest BCUT2D eigenvalue weighted by atomic mass is 10.1. The highest BCUT2D eigenvalue weighted by atomic mass is 16.5. The van der Waals surface area contributed by atoms with Crippen molar-refractivity contribution in [1.29, 1.82) is 0 Å². The molecule has 0 radical (unpaired) electrons. The quantitative estimate of drug-likeness (QED) is 0.363. The van der Waals surface area contributed by atoms with Gasteiger partial charge in [0.05, 0.1) is 20.5 Å². The minimum atomic E-state index is -0.439. The lowest BCUT2D eigenvalue weighted by molar-refractivity contribution is -0.118. The SMILES string of the molecule is COc1cc(/C=C/c2nc3c(c(=O)n(C)c(=O)n3C)n2C)cc(OC)c1O/C=C/CCNC(C)=O. The number of aromatic nitrogens is 4. The predicted molar refractivity (Wildman–Crippen MR) is 133 cm³/mol. The zero-order valence-corrected chi connectivity index (χ0v) is 20.6. The molecule has 35 heavy (non-hydrogen) atoms. The smallest absolute Gasteiger partial charge is 0.332 e. The Morgan fingerprint density at radius 1 is 1.03 bits per heavy atom. The Kier molecular flexibility index (Phi) is 7.80. The highest BCUT2D eigenvalue weighted by Crippen LogP contribution is 2.39. The van der Waals surface area contributed by atoms with Gasteiger partial charge in [0.15, 0.2) is 22.7 Å². The van der Waals surface area contributed by atoms with Crippen LogP contribution in [0.4, 0.5) is 0 Å². The fourth-order valence-corrected chi connectivity index (χ4v) is 3.48. The number of carbonyl (C=O) groups is 1. The van der Waals surface area contributed by atoms with Gasteiger partial charge in [0.25, 0.3) is 5.56 Å². The van der Waals surface area contributed by atoms with Crippen molar-refractivity contribution in [3.05, 3.63) is 56.7 Å². The van der Waals surface area contributed by atoms with Gasteiger partial charge in [-0.1, -0.05) is 6.08 Å². The van der Waals surface area contributed by atoms with Crippen LogP contribution in [0.1, 0.15) is 24.7 Å². The Bertz CT molecular complexity index is 1400. The van der Waals surface area contributed by atoms with Crippen molar-refractivity contribution in [3.8, 4) is 17.2 Å². The molecule has 0 unspecified atom stereocenters. The maximum Gasteiger partial charge on any atom is 0.332 e.